The van der Waals surface area contributed by atoms with Gasteiger partial charge in [-0.1, -0.05) is 106 Å². The van der Waals surface area contributed by atoms with E-state index in [9.17, 15) is 0 Å². The van der Waals surface area contributed by atoms with Crippen LogP contribution >= 0.6 is 0 Å². The summed E-state index contributed by atoms with van der Waals surface area (Å²) in [5, 5.41) is 7.61. The van der Waals surface area contributed by atoms with E-state index in [-0.39, 0.29) is 5.41 Å². The van der Waals surface area contributed by atoms with Crippen molar-refractivity contribution in [2.45, 2.75) is 26.2 Å². The van der Waals surface area contributed by atoms with E-state index in [1.165, 1.54) is 82.5 Å². The molecule has 2 heteroatoms. The Hall–Kier alpha value is -6.12. The van der Waals surface area contributed by atoms with Crippen molar-refractivity contribution in [1.29, 1.82) is 0 Å². The number of rotatable bonds is 4. The van der Waals surface area contributed by atoms with Crippen molar-refractivity contribution in [3.8, 4) is 27.9 Å². The number of hydrogen-bond acceptors (Lipinski definition) is 1. The maximum Gasteiger partial charge on any atom is 0.0541 e. The average molecular weight is 641 g/mol. The predicted molar refractivity (Wildman–Crippen MR) is 214 cm³/mol. The van der Waals surface area contributed by atoms with E-state index in [0.717, 1.165) is 11.4 Å². The lowest BCUT2D eigenvalue weighted by Gasteiger charge is -2.32. The number of para-hydroxylation sites is 4. The van der Waals surface area contributed by atoms with Crippen LogP contribution in [0.4, 0.5) is 17.1 Å². The molecule has 0 unspecified atom stereocenters. The van der Waals surface area contributed by atoms with Gasteiger partial charge < -0.3 is 9.47 Å². The van der Waals surface area contributed by atoms with Gasteiger partial charge in [0, 0.05) is 33.5 Å². The highest BCUT2D eigenvalue weighted by molar-refractivity contribution is 6.13. The zero-order valence-electron chi connectivity index (χ0n) is 28.5. The first-order chi connectivity index (χ1) is 24.4. The highest BCUT2D eigenvalue weighted by Gasteiger charge is 2.26. The lowest BCUT2D eigenvalue weighted by Crippen LogP contribution is -2.19. The van der Waals surface area contributed by atoms with Crippen LogP contribution in [0.25, 0.3) is 71.3 Å². The van der Waals surface area contributed by atoms with Crippen LogP contribution in [0.3, 0.4) is 0 Å². The van der Waals surface area contributed by atoms with Crippen molar-refractivity contribution < 1.29 is 0 Å². The zero-order chi connectivity index (χ0) is 33.6. The Bertz CT molecular complexity index is 2740. The molecular formula is C48H36N2. The minimum Gasteiger partial charge on any atom is -0.310 e. The molecule has 8 aromatic carbocycles. The third-order valence-corrected chi connectivity index (χ3v) is 10.6. The van der Waals surface area contributed by atoms with Crippen LogP contribution < -0.4 is 4.90 Å². The van der Waals surface area contributed by atoms with Crippen LogP contribution in [0.2, 0.25) is 0 Å². The Labute approximate surface area is 292 Å². The monoisotopic (exact) mass is 640 g/mol. The van der Waals surface area contributed by atoms with E-state index >= 15 is 0 Å². The molecule has 9 aromatic rings. The van der Waals surface area contributed by atoms with E-state index in [4.69, 9.17) is 0 Å². The van der Waals surface area contributed by atoms with Gasteiger partial charge in [-0.3, -0.25) is 0 Å². The molecule has 1 heterocycles. The summed E-state index contributed by atoms with van der Waals surface area (Å²) in [6.45, 7) is 6.88. The number of anilines is 3. The van der Waals surface area contributed by atoms with Gasteiger partial charge >= 0.3 is 0 Å². The molecule has 0 atom stereocenters. The van der Waals surface area contributed by atoms with Crippen LogP contribution in [-0.4, -0.2) is 4.57 Å². The molecule has 0 spiro atoms. The van der Waals surface area contributed by atoms with Crippen LogP contribution in [0.1, 0.15) is 26.3 Å². The number of nitrogens with zero attached hydrogens (tertiary/aromatic N) is 2. The smallest absolute Gasteiger partial charge is 0.0541 e. The molecule has 238 valence electrons. The molecule has 0 aliphatic heterocycles. The molecule has 0 bridgehead atoms. The summed E-state index contributed by atoms with van der Waals surface area (Å²) in [7, 11) is 0. The number of fused-ring (bicyclic) bond motifs is 9. The summed E-state index contributed by atoms with van der Waals surface area (Å²) in [4.78, 5) is 2.41. The van der Waals surface area contributed by atoms with Crippen LogP contribution in [0.15, 0.2) is 164 Å². The van der Waals surface area contributed by atoms with Gasteiger partial charge in [0.25, 0.3) is 0 Å². The largest absolute Gasteiger partial charge is 0.310 e. The molecule has 1 aliphatic carbocycles. The Kier molecular flexibility index (Phi) is 6.17. The zero-order valence-corrected chi connectivity index (χ0v) is 28.5. The number of aromatic nitrogens is 1. The topological polar surface area (TPSA) is 8.17 Å². The summed E-state index contributed by atoms with van der Waals surface area (Å²) in [6, 6.07) is 60.4. The molecule has 2 nitrogen and oxygen atoms in total. The molecule has 0 saturated heterocycles. The quantitative estimate of drug-likeness (QED) is 0.186. The maximum absolute atomic E-state index is 2.41. The first-order valence-electron chi connectivity index (χ1n) is 17.5. The van der Waals surface area contributed by atoms with Crippen molar-refractivity contribution in [2.75, 3.05) is 4.90 Å². The highest BCUT2D eigenvalue weighted by atomic mass is 15.1. The van der Waals surface area contributed by atoms with E-state index in [0.29, 0.717) is 0 Å². The molecule has 0 amide bonds. The van der Waals surface area contributed by atoms with Crippen molar-refractivity contribution in [3.63, 3.8) is 0 Å². The van der Waals surface area contributed by atoms with Gasteiger partial charge in [-0.2, -0.15) is 0 Å². The van der Waals surface area contributed by atoms with E-state index in [1.807, 2.05) is 0 Å². The molecule has 0 fully saturated rings. The SMILES string of the molecule is CC(C)(C)c1ccccc1N(c1ccccc1)c1ccc2cc3c(cc2c1)-c1cc2cc(-n4c5ccccc5c5ccccc54)ccc2cc1-3. The molecule has 1 aliphatic rings. The van der Waals surface area contributed by atoms with Crippen molar-refractivity contribution >= 4 is 60.4 Å². The number of hydrogen-bond donors (Lipinski definition) is 0. The first kappa shape index (κ1) is 28.9. The fraction of sp³-hybridized carbons (Fsp3) is 0.0833. The molecule has 1 aromatic heterocycles. The molecular weight excluding hydrogens is 605 g/mol. The second-order valence-electron chi connectivity index (χ2n) is 14.7. The molecule has 0 radical (unpaired) electrons. The predicted octanol–water partition coefficient (Wildman–Crippen LogP) is 13.5. The molecule has 10 rings (SSSR count). The van der Waals surface area contributed by atoms with E-state index in [2.05, 4.69) is 194 Å². The van der Waals surface area contributed by atoms with Crippen LogP contribution in [-0.2, 0) is 5.41 Å². The minimum atomic E-state index is -0.00270. The van der Waals surface area contributed by atoms with Gasteiger partial charge in [-0.15, -0.1) is 0 Å². The second kappa shape index (κ2) is 10.7. The lowest BCUT2D eigenvalue weighted by atomic mass is 9.78. The van der Waals surface area contributed by atoms with Crippen molar-refractivity contribution in [3.05, 3.63) is 169 Å². The third-order valence-electron chi connectivity index (χ3n) is 10.6. The third kappa shape index (κ3) is 4.35. The Morgan fingerprint density at radius 3 is 1.58 bits per heavy atom. The standard InChI is InChI=1S/C48H36N2/c1-48(2,3)44-17-9-12-20-47(44)49(35-13-5-4-6-14-35)36-23-21-31-27-40-41-28-32-22-24-37(26-34(32)30-43(41)42(40)29-33(31)25-36)50-45-18-10-7-15-38(45)39-16-8-11-19-46(39)50/h4-30H,1-3H3. The average Bonchev–Trinajstić information content (AvgIpc) is 3.48. The van der Waals surface area contributed by atoms with Crippen LogP contribution in [0, 0.1) is 0 Å². The van der Waals surface area contributed by atoms with Crippen molar-refractivity contribution in [2.24, 2.45) is 0 Å². The Morgan fingerprint density at radius 2 is 0.940 bits per heavy atom. The van der Waals surface area contributed by atoms with E-state index in [1.54, 1.807) is 0 Å². The summed E-state index contributed by atoms with van der Waals surface area (Å²) in [5.74, 6) is 0. The highest BCUT2D eigenvalue weighted by Crippen LogP contribution is 2.51. The first-order valence-corrected chi connectivity index (χ1v) is 17.5. The lowest BCUT2D eigenvalue weighted by molar-refractivity contribution is 0.591. The van der Waals surface area contributed by atoms with Gasteiger partial charge in [-0.05, 0) is 134 Å². The summed E-state index contributed by atoms with van der Waals surface area (Å²) in [5.41, 5.74) is 13.8. The van der Waals surface area contributed by atoms with Gasteiger partial charge in [0.2, 0.25) is 0 Å². The Balaban J connectivity index is 1.09. The molecule has 50 heavy (non-hydrogen) atoms. The molecule has 0 saturated carbocycles. The summed E-state index contributed by atoms with van der Waals surface area (Å²) in [6.07, 6.45) is 0. The van der Waals surface area contributed by atoms with Crippen LogP contribution in [0.5, 0.6) is 0 Å². The van der Waals surface area contributed by atoms with Gasteiger partial charge in [0.05, 0.1) is 11.0 Å². The normalized spacial score (nSPS) is 12.3. The van der Waals surface area contributed by atoms with Gasteiger partial charge in [0.15, 0.2) is 0 Å². The summed E-state index contributed by atoms with van der Waals surface area (Å²) >= 11 is 0. The van der Waals surface area contributed by atoms with Gasteiger partial charge in [0.1, 0.15) is 0 Å². The Morgan fingerprint density at radius 1 is 0.420 bits per heavy atom. The van der Waals surface area contributed by atoms with Crippen molar-refractivity contribution in [1.82, 2.24) is 4.57 Å². The summed E-state index contributed by atoms with van der Waals surface area (Å²) < 4.78 is 2.41. The van der Waals surface area contributed by atoms with Gasteiger partial charge in [-0.25, -0.2) is 0 Å². The fourth-order valence-corrected chi connectivity index (χ4v) is 8.19. The number of benzene rings is 8. The van der Waals surface area contributed by atoms with E-state index < -0.39 is 0 Å². The maximum atomic E-state index is 2.41. The second-order valence-corrected chi connectivity index (χ2v) is 14.7. The fourth-order valence-electron chi connectivity index (χ4n) is 8.19. The molecule has 0 N–H and O–H groups in total. The minimum absolute atomic E-state index is 0.00270.